The van der Waals surface area contributed by atoms with Crippen molar-refractivity contribution in [3.8, 4) is 0 Å². The second-order valence-corrected chi connectivity index (χ2v) is 6.10. The largest absolute Gasteiger partial charge is 0.422 e. The Morgan fingerprint density at radius 1 is 1.22 bits per heavy atom. The predicted octanol–water partition coefficient (Wildman–Crippen LogP) is 2.33. The molecule has 1 N–H and O–H groups in total. The van der Waals surface area contributed by atoms with Gasteiger partial charge in [0, 0.05) is 13.5 Å². The van der Waals surface area contributed by atoms with Crippen LogP contribution in [-0.4, -0.2) is 33.1 Å². The van der Waals surface area contributed by atoms with Crippen LogP contribution in [0.25, 0.3) is 11.2 Å². The zero-order valence-electron chi connectivity index (χ0n) is 13.2. The monoisotopic (exact) mass is 310 g/mol. The first-order valence-corrected chi connectivity index (χ1v) is 7.68. The summed E-state index contributed by atoms with van der Waals surface area (Å²) in [4.78, 5) is 14.9. The third kappa shape index (κ3) is 2.26. The molecule has 0 spiro atoms. The molecule has 1 aliphatic heterocycles. The molecule has 0 saturated carbocycles. The maximum absolute atomic E-state index is 11.1. The number of aromatic nitrogens is 3. The van der Waals surface area contributed by atoms with Gasteiger partial charge in [0.05, 0.1) is 6.54 Å². The van der Waals surface area contributed by atoms with E-state index in [1.54, 1.807) is 6.92 Å². The number of fused-ring (bicyclic) bond motifs is 1. The maximum atomic E-state index is 11.1. The molecule has 118 valence electrons. The molecule has 23 heavy (non-hydrogen) atoms. The molecule has 3 aromatic rings. The molecular formula is C17H18N4O2. The molecule has 0 aliphatic carbocycles. The van der Waals surface area contributed by atoms with Crippen molar-refractivity contribution in [2.45, 2.75) is 25.9 Å². The minimum atomic E-state index is -0.874. The molecular weight excluding hydrogens is 292 g/mol. The number of rotatable bonds is 2. The van der Waals surface area contributed by atoms with Crippen LogP contribution >= 0.6 is 0 Å². The Labute approximate surface area is 133 Å². The van der Waals surface area contributed by atoms with E-state index >= 15 is 0 Å². The van der Waals surface area contributed by atoms with Crippen molar-refractivity contribution < 1.29 is 9.52 Å². The van der Waals surface area contributed by atoms with Crippen LogP contribution in [0.15, 0.2) is 35.0 Å². The first-order chi connectivity index (χ1) is 11.1. The second-order valence-electron chi connectivity index (χ2n) is 6.10. The first-order valence-electron chi connectivity index (χ1n) is 7.68. The van der Waals surface area contributed by atoms with Gasteiger partial charge < -0.3 is 14.4 Å². The number of aryl methyl sites for hydroxylation is 2. The lowest BCUT2D eigenvalue weighted by molar-refractivity contribution is 0.0600. The summed E-state index contributed by atoms with van der Waals surface area (Å²) < 4.78 is 5.47. The zero-order chi connectivity index (χ0) is 16.0. The Morgan fingerprint density at radius 2 is 2.04 bits per heavy atom. The highest BCUT2D eigenvalue weighted by molar-refractivity contribution is 5.81. The van der Waals surface area contributed by atoms with Crippen LogP contribution in [0.5, 0.6) is 0 Å². The molecule has 4 rings (SSSR count). The average molecular weight is 310 g/mol. The number of nitrogens with zero attached hydrogens (tertiary/aromatic N) is 4. The quantitative estimate of drug-likeness (QED) is 0.783. The number of β-amino-alcohol motifs (C(OH)–C–C–N with tert-alkyl or cyclic N) is 1. The van der Waals surface area contributed by atoms with Crippen LogP contribution in [0.1, 0.15) is 23.4 Å². The Bertz CT molecular complexity index is 876. The molecule has 0 amide bonds. The summed E-state index contributed by atoms with van der Waals surface area (Å²) in [6.07, 6.45) is 2.13. The van der Waals surface area contributed by atoms with E-state index in [9.17, 15) is 5.11 Å². The van der Waals surface area contributed by atoms with Crippen molar-refractivity contribution in [1.29, 1.82) is 0 Å². The van der Waals surface area contributed by atoms with Gasteiger partial charge in [0.2, 0.25) is 0 Å². The standard InChI is InChI=1S/C17H18N4O2/c1-11-5-3-4-6-13(11)17(22)7-8-21(9-17)15-14-16(19-10-18-15)23-12(2)20-14/h3-6,10,22H,7-9H2,1-2H3. The van der Waals surface area contributed by atoms with Gasteiger partial charge in [0.1, 0.15) is 11.9 Å². The molecule has 1 saturated heterocycles. The number of anilines is 1. The van der Waals surface area contributed by atoms with E-state index in [1.165, 1.54) is 6.33 Å². The van der Waals surface area contributed by atoms with Crippen molar-refractivity contribution in [1.82, 2.24) is 15.0 Å². The van der Waals surface area contributed by atoms with Gasteiger partial charge in [-0.25, -0.2) is 9.97 Å². The fraction of sp³-hybridized carbons (Fsp3) is 0.353. The Morgan fingerprint density at radius 3 is 2.87 bits per heavy atom. The van der Waals surface area contributed by atoms with Crippen LogP contribution in [-0.2, 0) is 5.60 Å². The zero-order valence-corrected chi connectivity index (χ0v) is 13.2. The van der Waals surface area contributed by atoms with Crippen molar-refractivity contribution in [3.05, 3.63) is 47.6 Å². The summed E-state index contributed by atoms with van der Waals surface area (Å²) in [6, 6.07) is 7.97. The van der Waals surface area contributed by atoms with Crippen LogP contribution in [0.4, 0.5) is 5.82 Å². The minimum Gasteiger partial charge on any atom is -0.422 e. The van der Waals surface area contributed by atoms with E-state index in [1.807, 2.05) is 31.2 Å². The molecule has 3 heterocycles. The van der Waals surface area contributed by atoms with Gasteiger partial charge in [-0.3, -0.25) is 0 Å². The number of hydrogen-bond acceptors (Lipinski definition) is 6. The van der Waals surface area contributed by atoms with Crippen LogP contribution < -0.4 is 4.90 Å². The molecule has 6 nitrogen and oxygen atoms in total. The van der Waals surface area contributed by atoms with Gasteiger partial charge >= 0.3 is 0 Å². The summed E-state index contributed by atoms with van der Waals surface area (Å²) in [6.45, 7) is 5.01. The molecule has 1 aromatic carbocycles. The molecule has 0 bridgehead atoms. The second kappa shape index (κ2) is 5.03. The maximum Gasteiger partial charge on any atom is 0.252 e. The number of hydrogen-bond donors (Lipinski definition) is 1. The normalized spacial score (nSPS) is 21.3. The Balaban J connectivity index is 1.71. The minimum absolute atomic E-state index is 0.482. The fourth-order valence-corrected chi connectivity index (χ4v) is 3.37. The van der Waals surface area contributed by atoms with Gasteiger partial charge in [-0.2, -0.15) is 4.98 Å². The van der Waals surface area contributed by atoms with Gasteiger partial charge in [0.15, 0.2) is 17.2 Å². The van der Waals surface area contributed by atoms with Crippen molar-refractivity contribution in [2.75, 3.05) is 18.0 Å². The average Bonchev–Trinajstić information content (AvgIpc) is 3.10. The van der Waals surface area contributed by atoms with E-state index in [0.29, 0.717) is 36.6 Å². The van der Waals surface area contributed by atoms with Crippen LogP contribution in [0.3, 0.4) is 0 Å². The topological polar surface area (TPSA) is 75.3 Å². The highest BCUT2D eigenvalue weighted by Gasteiger charge is 2.39. The summed E-state index contributed by atoms with van der Waals surface area (Å²) in [5.74, 6) is 1.28. The van der Waals surface area contributed by atoms with E-state index in [2.05, 4.69) is 19.9 Å². The SMILES string of the molecule is Cc1nc2c(N3CCC(O)(c4ccccc4C)C3)ncnc2o1. The molecule has 2 aromatic heterocycles. The smallest absolute Gasteiger partial charge is 0.252 e. The Kier molecular flexibility index (Phi) is 3.09. The Hall–Kier alpha value is -2.47. The van der Waals surface area contributed by atoms with Crippen LogP contribution in [0, 0.1) is 13.8 Å². The number of benzene rings is 1. The van der Waals surface area contributed by atoms with Crippen molar-refractivity contribution >= 4 is 17.0 Å². The molecule has 6 heteroatoms. The lowest BCUT2D eigenvalue weighted by Gasteiger charge is -2.25. The fourth-order valence-electron chi connectivity index (χ4n) is 3.37. The van der Waals surface area contributed by atoms with E-state index in [0.717, 1.165) is 16.9 Å². The lowest BCUT2D eigenvalue weighted by Crippen LogP contribution is -2.31. The molecule has 1 fully saturated rings. The van der Waals surface area contributed by atoms with Gasteiger partial charge in [-0.15, -0.1) is 0 Å². The third-order valence-corrected chi connectivity index (χ3v) is 4.48. The number of aliphatic hydroxyl groups is 1. The summed E-state index contributed by atoms with van der Waals surface area (Å²) in [5, 5.41) is 11.1. The molecule has 1 unspecified atom stereocenters. The first kappa shape index (κ1) is 14.1. The highest BCUT2D eigenvalue weighted by Crippen LogP contribution is 2.37. The van der Waals surface area contributed by atoms with Crippen LogP contribution in [0.2, 0.25) is 0 Å². The third-order valence-electron chi connectivity index (χ3n) is 4.48. The molecule has 1 atom stereocenters. The highest BCUT2D eigenvalue weighted by atomic mass is 16.4. The summed E-state index contributed by atoms with van der Waals surface area (Å²) in [7, 11) is 0. The summed E-state index contributed by atoms with van der Waals surface area (Å²) in [5.41, 5.74) is 2.34. The van der Waals surface area contributed by atoms with E-state index in [4.69, 9.17) is 4.42 Å². The number of oxazole rings is 1. The summed E-state index contributed by atoms with van der Waals surface area (Å²) >= 11 is 0. The van der Waals surface area contributed by atoms with Gasteiger partial charge in [0.25, 0.3) is 5.71 Å². The van der Waals surface area contributed by atoms with Crippen molar-refractivity contribution in [3.63, 3.8) is 0 Å². The lowest BCUT2D eigenvalue weighted by atomic mass is 9.89. The van der Waals surface area contributed by atoms with E-state index < -0.39 is 5.60 Å². The molecule has 1 aliphatic rings. The van der Waals surface area contributed by atoms with Crippen molar-refractivity contribution in [2.24, 2.45) is 0 Å². The predicted molar refractivity (Wildman–Crippen MR) is 86.2 cm³/mol. The molecule has 0 radical (unpaired) electrons. The van der Waals surface area contributed by atoms with Gasteiger partial charge in [-0.05, 0) is 24.5 Å². The van der Waals surface area contributed by atoms with Gasteiger partial charge in [-0.1, -0.05) is 24.3 Å². The van der Waals surface area contributed by atoms with E-state index in [-0.39, 0.29) is 0 Å².